The molecule has 1 aromatic rings. The summed E-state index contributed by atoms with van der Waals surface area (Å²) in [5.74, 6) is -0.578. The predicted molar refractivity (Wildman–Crippen MR) is 65.3 cm³/mol. The Labute approximate surface area is 112 Å². The molecule has 0 saturated heterocycles. The molecule has 0 aliphatic heterocycles. The molecule has 3 nitrogen and oxygen atoms in total. The van der Waals surface area contributed by atoms with Crippen molar-refractivity contribution in [2.75, 3.05) is 0 Å². The summed E-state index contributed by atoms with van der Waals surface area (Å²) in [6, 6.07) is 4.84. The quantitative estimate of drug-likeness (QED) is 0.866. The van der Waals surface area contributed by atoms with E-state index in [4.69, 9.17) is 11.0 Å². The van der Waals surface area contributed by atoms with Gasteiger partial charge in [-0.3, -0.25) is 4.79 Å². The maximum absolute atomic E-state index is 12.7. The molecule has 0 unspecified atom stereocenters. The van der Waals surface area contributed by atoms with E-state index >= 15 is 0 Å². The molecule has 0 aliphatic carbocycles. The van der Waals surface area contributed by atoms with Crippen LogP contribution in [-0.4, -0.2) is 11.2 Å². The number of amides is 1. The number of alkyl halides is 3. The van der Waals surface area contributed by atoms with Crippen LogP contribution in [0.4, 0.5) is 13.2 Å². The zero-order chi connectivity index (χ0) is 14.6. The molecule has 2 N–H and O–H groups in total. The van der Waals surface area contributed by atoms with E-state index in [1.807, 2.05) is 0 Å². The third-order valence-corrected chi connectivity index (χ3v) is 3.76. The van der Waals surface area contributed by atoms with E-state index < -0.39 is 28.5 Å². The molecule has 0 aliphatic rings. The van der Waals surface area contributed by atoms with Gasteiger partial charge in [0.05, 0.1) is 22.4 Å². The lowest BCUT2D eigenvalue weighted by atomic mass is 10.1. The molecule has 19 heavy (non-hydrogen) atoms. The highest BCUT2D eigenvalue weighted by molar-refractivity contribution is 8.00. The number of carbonyl (C=O) groups is 1. The van der Waals surface area contributed by atoms with Crippen molar-refractivity contribution in [2.24, 2.45) is 5.73 Å². The Morgan fingerprint density at radius 2 is 2.16 bits per heavy atom. The summed E-state index contributed by atoms with van der Waals surface area (Å²) < 4.78 is 38.2. The standard InChI is InChI=1S/C12H11F3N2OS/c1-2-10(11(17)18)19-8-4-3-7(6-16)9(5-8)12(13,14)15/h3-5,10H,2H2,1H3,(H2,17,18)/t10-/m0/s1. The van der Waals surface area contributed by atoms with Crippen molar-refractivity contribution in [2.45, 2.75) is 29.7 Å². The van der Waals surface area contributed by atoms with Crippen LogP contribution in [0, 0.1) is 11.3 Å². The molecule has 0 radical (unpaired) electrons. The van der Waals surface area contributed by atoms with E-state index in [9.17, 15) is 18.0 Å². The number of benzene rings is 1. The third-order valence-electron chi connectivity index (χ3n) is 2.38. The van der Waals surface area contributed by atoms with E-state index in [-0.39, 0.29) is 4.90 Å². The molecular weight excluding hydrogens is 277 g/mol. The van der Waals surface area contributed by atoms with Crippen LogP contribution in [0.25, 0.3) is 0 Å². The fourth-order valence-electron chi connectivity index (χ4n) is 1.44. The number of hydrogen-bond acceptors (Lipinski definition) is 3. The second-order valence-corrected chi connectivity index (χ2v) is 5.01. The Morgan fingerprint density at radius 3 is 2.58 bits per heavy atom. The van der Waals surface area contributed by atoms with Gasteiger partial charge in [0, 0.05) is 4.90 Å². The Bertz CT molecular complexity index is 523. The minimum Gasteiger partial charge on any atom is -0.369 e. The zero-order valence-electron chi connectivity index (χ0n) is 9.99. The molecule has 1 aromatic carbocycles. The van der Waals surface area contributed by atoms with Gasteiger partial charge in [-0.15, -0.1) is 11.8 Å². The van der Waals surface area contributed by atoms with Crippen LogP contribution in [0.15, 0.2) is 23.1 Å². The molecule has 0 heterocycles. The van der Waals surface area contributed by atoms with Crippen LogP contribution in [0.3, 0.4) is 0 Å². The number of nitrogens with zero attached hydrogens (tertiary/aromatic N) is 1. The molecule has 1 rings (SSSR count). The number of thioether (sulfide) groups is 1. The summed E-state index contributed by atoms with van der Waals surface area (Å²) in [5.41, 5.74) is 3.70. The van der Waals surface area contributed by atoms with Gasteiger partial charge in [-0.1, -0.05) is 6.92 Å². The first-order valence-corrected chi connectivity index (χ1v) is 6.24. The minimum atomic E-state index is -4.60. The third kappa shape index (κ3) is 3.89. The highest BCUT2D eigenvalue weighted by Gasteiger charge is 2.34. The maximum atomic E-state index is 12.7. The number of primary amides is 1. The predicted octanol–water partition coefficient (Wildman–Crippen LogP) is 2.93. The number of rotatable bonds is 4. The number of carbonyl (C=O) groups excluding carboxylic acids is 1. The first-order chi connectivity index (χ1) is 8.79. The van der Waals surface area contributed by atoms with Crippen molar-refractivity contribution in [1.29, 1.82) is 5.26 Å². The van der Waals surface area contributed by atoms with Gasteiger partial charge in [0.2, 0.25) is 5.91 Å². The summed E-state index contributed by atoms with van der Waals surface area (Å²) in [7, 11) is 0. The number of halogens is 3. The van der Waals surface area contributed by atoms with Gasteiger partial charge in [-0.05, 0) is 24.6 Å². The molecule has 0 spiro atoms. The van der Waals surface area contributed by atoms with E-state index in [1.165, 1.54) is 12.1 Å². The average Bonchev–Trinajstić information content (AvgIpc) is 2.34. The molecule has 0 aromatic heterocycles. The van der Waals surface area contributed by atoms with Crippen molar-refractivity contribution < 1.29 is 18.0 Å². The summed E-state index contributed by atoms with van der Waals surface area (Å²) in [6.45, 7) is 1.72. The number of hydrogen-bond donors (Lipinski definition) is 1. The first-order valence-electron chi connectivity index (χ1n) is 5.37. The molecule has 7 heteroatoms. The van der Waals surface area contributed by atoms with Crippen molar-refractivity contribution in [3.63, 3.8) is 0 Å². The monoisotopic (exact) mass is 288 g/mol. The Balaban J connectivity index is 3.13. The Morgan fingerprint density at radius 1 is 1.53 bits per heavy atom. The van der Waals surface area contributed by atoms with Gasteiger partial charge < -0.3 is 5.73 Å². The number of nitriles is 1. The second kappa shape index (κ2) is 5.97. The highest BCUT2D eigenvalue weighted by Crippen LogP contribution is 2.35. The van der Waals surface area contributed by atoms with Crippen LogP contribution in [-0.2, 0) is 11.0 Å². The van der Waals surface area contributed by atoms with Gasteiger partial charge in [0.1, 0.15) is 0 Å². The van der Waals surface area contributed by atoms with Crippen LogP contribution in [0.5, 0.6) is 0 Å². The largest absolute Gasteiger partial charge is 0.417 e. The molecule has 1 atom stereocenters. The number of nitrogens with two attached hydrogens (primary N) is 1. The van der Waals surface area contributed by atoms with Crippen LogP contribution in [0.1, 0.15) is 24.5 Å². The summed E-state index contributed by atoms with van der Waals surface area (Å²) in [5, 5.41) is 8.07. The van der Waals surface area contributed by atoms with Gasteiger partial charge >= 0.3 is 6.18 Å². The molecule has 0 bridgehead atoms. The Kier molecular flexibility index (Phi) is 4.84. The van der Waals surface area contributed by atoms with Gasteiger partial charge in [-0.25, -0.2) is 0 Å². The van der Waals surface area contributed by atoms with Crippen LogP contribution < -0.4 is 5.73 Å². The summed E-state index contributed by atoms with van der Waals surface area (Å²) >= 11 is 0.962. The van der Waals surface area contributed by atoms with E-state index in [0.717, 1.165) is 23.9 Å². The van der Waals surface area contributed by atoms with Crippen LogP contribution in [0.2, 0.25) is 0 Å². The smallest absolute Gasteiger partial charge is 0.369 e. The summed E-state index contributed by atoms with van der Waals surface area (Å²) in [4.78, 5) is 11.3. The van der Waals surface area contributed by atoms with Crippen molar-refractivity contribution >= 4 is 17.7 Å². The molecule has 1 amide bonds. The van der Waals surface area contributed by atoms with Crippen molar-refractivity contribution in [3.05, 3.63) is 29.3 Å². The van der Waals surface area contributed by atoms with E-state index in [2.05, 4.69) is 0 Å². The molecule has 0 fully saturated rings. The van der Waals surface area contributed by atoms with Gasteiger partial charge in [0.15, 0.2) is 0 Å². The lowest BCUT2D eigenvalue weighted by Gasteiger charge is -2.13. The van der Waals surface area contributed by atoms with Gasteiger partial charge in [-0.2, -0.15) is 18.4 Å². The van der Waals surface area contributed by atoms with Crippen molar-refractivity contribution in [1.82, 2.24) is 0 Å². The second-order valence-electron chi connectivity index (χ2n) is 3.73. The average molecular weight is 288 g/mol. The summed E-state index contributed by atoms with van der Waals surface area (Å²) in [6.07, 6.45) is -4.18. The normalized spacial score (nSPS) is 12.8. The SMILES string of the molecule is CC[C@H](Sc1ccc(C#N)c(C(F)(F)F)c1)C(N)=O. The first kappa shape index (κ1) is 15.4. The fraction of sp³-hybridized carbons (Fsp3) is 0.333. The fourth-order valence-corrected chi connectivity index (χ4v) is 2.38. The maximum Gasteiger partial charge on any atom is 0.417 e. The van der Waals surface area contributed by atoms with Gasteiger partial charge in [0.25, 0.3) is 0 Å². The van der Waals surface area contributed by atoms with Crippen molar-refractivity contribution in [3.8, 4) is 6.07 Å². The Hall–Kier alpha value is -1.68. The molecule has 102 valence electrons. The minimum absolute atomic E-state index is 0.261. The van der Waals surface area contributed by atoms with E-state index in [0.29, 0.717) is 6.42 Å². The zero-order valence-corrected chi connectivity index (χ0v) is 10.8. The highest BCUT2D eigenvalue weighted by atomic mass is 32.2. The van der Waals surface area contributed by atoms with Crippen LogP contribution >= 0.6 is 11.8 Å². The molecular formula is C12H11F3N2OS. The van der Waals surface area contributed by atoms with E-state index in [1.54, 1.807) is 6.92 Å². The topological polar surface area (TPSA) is 66.9 Å². The molecule has 0 saturated carbocycles. The lowest BCUT2D eigenvalue weighted by molar-refractivity contribution is -0.137. The lowest BCUT2D eigenvalue weighted by Crippen LogP contribution is -2.24.